The maximum Gasteiger partial charge on any atom is 0.243 e. The minimum absolute atomic E-state index is 0.0391. The van der Waals surface area contributed by atoms with Crippen LogP contribution >= 0.6 is 0 Å². The molecule has 0 radical (unpaired) electrons. The smallest absolute Gasteiger partial charge is 0.243 e. The molecule has 0 saturated carbocycles. The first-order valence-electron chi connectivity index (χ1n) is 9.82. The number of sulfonamides is 1. The molecule has 0 atom stereocenters. The van der Waals surface area contributed by atoms with Crippen molar-refractivity contribution in [2.24, 2.45) is 5.92 Å². The second kappa shape index (κ2) is 9.37. The van der Waals surface area contributed by atoms with E-state index in [4.69, 9.17) is 4.74 Å². The molecule has 8 heteroatoms. The summed E-state index contributed by atoms with van der Waals surface area (Å²) in [6, 6.07) is 8.66. The average molecular weight is 418 g/mol. The van der Waals surface area contributed by atoms with Crippen LogP contribution in [0.25, 0.3) is 0 Å². The summed E-state index contributed by atoms with van der Waals surface area (Å²) in [6.07, 6.45) is 4.42. The summed E-state index contributed by atoms with van der Waals surface area (Å²) in [5, 5.41) is 2.92. The number of hydrogen-bond acceptors (Lipinski definition) is 5. The number of benzene rings is 1. The maximum absolute atomic E-state index is 13.0. The Morgan fingerprint density at radius 2 is 2.03 bits per heavy atom. The molecule has 1 N–H and O–H groups in total. The van der Waals surface area contributed by atoms with E-state index in [0.717, 1.165) is 11.1 Å². The molecule has 1 amide bonds. The standard InChI is InChI=1S/C21H27N3O4S/c1-3-28-20-7-6-19(13-16(20)2)29(26,27)24-11-8-18(9-12-24)21(25)23-15-17-5-4-10-22-14-17/h4-7,10,13-14,18H,3,8-9,11-12,15H2,1-2H3,(H,23,25). The van der Waals surface area contributed by atoms with E-state index in [1.165, 1.54) is 4.31 Å². The van der Waals surface area contributed by atoms with E-state index in [-0.39, 0.29) is 16.7 Å². The Labute approximate surface area is 172 Å². The van der Waals surface area contributed by atoms with E-state index in [2.05, 4.69) is 10.3 Å². The lowest BCUT2D eigenvalue weighted by atomic mass is 9.97. The molecule has 0 unspecified atom stereocenters. The molecular weight excluding hydrogens is 390 g/mol. The first-order chi connectivity index (χ1) is 13.9. The molecule has 1 saturated heterocycles. The zero-order valence-electron chi connectivity index (χ0n) is 16.8. The molecular formula is C21H27N3O4S. The molecule has 1 aromatic heterocycles. The lowest BCUT2D eigenvalue weighted by Crippen LogP contribution is -2.42. The van der Waals surface area contributed by atoms with Crippen molar-refractivity contribution >= 4 is 15.9 Å². The van der Waals surface area contributed by atoms with Crippen molar-refractivity contribution in [2.75, 3.05) is 19.7 Å². The minimum Gasteiger partial charge on any atom is -0.494 e. The van der Waals surface area contributed by atoms with Crippen LogP contribution < -0.4 is 10.1 Å². The average Bonchev–Trinajstić information content (AvgIpc) is 2.74. The summed E-state index contributed by atoms with van der Waals surface area (Å²) in [7, 11) is -3.58. The van der Waals surface area contributed by atoms with Crippen LogP contribution in [0.2, 0.25) is 0 Å². The van der Waals surface area contributed by atoms with Gasteiger partial charge in [-0.25, -0.2) is 8.42 Å². The van der Waals surface area contributed by atoms with Gasteiger partial charge in [0.05, 0.1) is 11.5 Å². The number of ether oxygens (including phenoxy) is 1. The van der Waals surface area contributed by atoms with E-state index in [1.54, 1.807) is 30.6 Å². The van der Waals surface area contributed by atoms with Crippen molar-refractivity contribution < 1.29 is 17.9 Å². The van der Waals surface area contributed by atoms with Gasteiger partial charge in [-0.2, -0.15) is 4.31 Å². The van der Waals surface area contributed by atoms with Gasteiger partial charge >= 0.3 is 0 Å². The number of rotatable bonds is 7. The number of nitrogens with zero attached hydrogens (tertiary/aromatic N) is 2. The second-order valence-corrected chi connectivity index (χ2v) is 9.06. The van der Waals surface area contributed by atoms with Gasteiger partial charge < -0.3 is 10.1 Å². The Balaban J connectivity index is 1.58. The molecule has 0 bridgehead atoms. The van der Waals surface area contributed by atoms with Crippen LogP contribution in [0.5, 0.6) is 5.75 Å². The third-order valence-corrected chi connectivity index (χ3v) is 6.99. The predicted octanol–water partition coefficient (Wildman–Crippen LogP) is 2.51. The zero-order chi connectivity index (χ0) is 20.9. The van der Waals surface area contributed by atoms with E-state index >= 15 is 0 Å². The number of carbonyl (C=O) groups excluding carboxylic acids is 1. The maximum atomic E-state index is 13.0. The largest absolute Gasteiger partial charge is 0.494 e. The summed E-state index contributed by atoms with van der Waals surface area (Å²) < 4.78 is 32.9. The molecule has 1 fully saturated rings. The monoisotopic (exact) mass is 417 g/mol. The molecule has 0 spiro atoms. The minimum atomic E-state index is -3.58. The van der Waals surface area contributed by atoms with Crippen molar-refractivity contribution in [3.8, 4) is 5.75 Å². The van der Waals surface area contributed by atoms with E-state index in [9.17, 15) is 13.2 Å². The SMILES string of the molecule is CCOc1ccc(S(=O)(=O)N2CCC(C(=O)NCc3cccnc3)CC2)cc1C. The number of aromatic nitrogens is 1. The fourth-order valence-corrected chi connectivity index (χ4v) is 5.00. The third kappa shape index (κ3) is 5.13. The van der Waals surface area contributed by atoms with Crippen molar-refractivity contribution in [1.82, 2.24) is 14.6 Å². The lowest BCUT2D eigenvalue weighted by molar-refractivity contribution is -0.126. The van der Waals surface area contributed by atoms with E-state index < -0.39 is 10.0 Å². The van der Waals surface area contributed by atoms with Gasteiger partial charge in [-0.1, -0.05) is 6.07 Å². The van der Waals surface area contributed by atoms with Gasteiger partial charge in [0.15, 0.2) is 0 Å². The summed E-state index contributed by atoms with van der Waals surface area (Å²) in [6.45, 7) is 5.35. The number of amides is 1. The summed E-state index contributed by atoms with van der Waals surface area (Å²) >= 11 is 0. The van der Waals surface area contributed by atoms with Gasteiger partial charge in [0.25, 0.3) is 0 Å². The highest BCUT2D eigenvalue weighted by Crippen LogP contribution is 2.27. The number of piperidine rings is 1. The fraction of sp³-hybridized carbons (Fsp3) is 0.429. The molecule has 1 aliphatic rings. The number of carbonyl (C=O) groups is 1. The van der Waals surface area contributed by atoms with Crippen LogP contribution in [-0.2, 0) is 21.4 Å². The Kier molecular flexibility index (Phi) is 6.87. The second-order valence-electron chi connectivity index (χ2n) is 7.12. The Bertz CT molecular complexity index is 940. The van der Waals surface area contributed by atoms with Crippen molar-refractivity contribution in [3.63, 3.8) is 0 Å². The molecule has 3 rings (SSSR count). The number of hydrogen-bond donors (Lipinski definition) is 1. The van der Waals surface area contributed by atoms with Crippen LogP contribution in [0.15, 0.2) is 47.6 Å². The quantitative estimate of drug-likeness (QED) is 0.748. The zero-order valence-corrected chi connectivity index (χ0v) is 17.6. The number of nitrogens with one attached hydrogen (secondary N) is 1. The van der Waals surface area contributed by atoms with E-state index in [1.807, 2.05) is 26.0 Å². The topological polar surface area (TPSA) is 88.6 Å². The lowest BCUT2D eigenvalue weighted by Gasteiger charge is -2.30. The Morgan fingerprint density at radius 1 is 1.28 bits per heavy atom. The fourth-order valence-electron chi connectivity index (χ4n) is 3.44. The molecule has 0 aliphatic carbocycles. The van der Waals surface area contributed by atoms with Gasteiger partial charge in [0, 0.05) is 37.9 Å². The van der Waals surface area contributed by atoms with Crippen LogP contribution in [0, 0.1) is 12.8 Å². The van der Waals surface area contributed by atoms with Crippen LogP contribution in [0.4, 0.5) is 0 Å². The molecule has 2 heterocycles. The molecule has 1 aromatic carbocycles. The van der Waals surface area contributed by atoms with Gasteiger partial charge in [-0.15, -0.1) is 0 Å². The highest BCUT2D eigenvalue weighted by atomic mass is 32.2. The summed E-state index contributed by atoms with van der Waals surface area (Å²) in [5.41, 5.74) is 1.73. The van der Waals surface area contributed by atoms with Gasteiger partial charge in [-0.05, 0) is 62.1 Å². The van der Waals surface area contributed by atoms with Gasteiger partial charge in [0.1, 0.15) is 5.75 Å². The molecule has 29 heavy (non-hydrogen) atoms. The summed E-state index contributed by atoms with van der Waals surface area (Å²) in [4.78, 5) is 16.7. The van der Waals surface area contributed by atoms with Gasteiger partial charge in [0.2, 0.25) is 15.9 Å². The third-order valence-electron chi connectivity index (χ3n) is 5.10. The predicted molar refractivity (Wildman–Crippen MR) is 110 cm³/mol. The molecule has 156 valence electrons. The highest BCUT2D eigenvalue weighted by Gasteiger charge is 2.32. The molecule has 2 aromatic rings. The first kappa shape index (κ1) is 21.3. The van der Waals surface area contributed by atoms with Crippen molar-refractivity contribution in [1.29, 1.82) is 0 Å². The molecule has 1 aliphatic heterocycles. The first-order valence-corrected chi connectivity index (χ1v) is 11.3. The Hall–Kier alpha value is -2.45. The Morgan fingerprint density at radius 3 is 2.66 bits per heavy atom. The van der Waals surface area contributed by atoms with Crippen molar-refractivity contribution in [3.05, 3.63) is 53.9 Å². The van der Waals surface area contributed by atoms with Crippen LogP contribution in [0.3, 0.4) is 0 Å². The van der Waals surface area contributed by atoms with E-state index in [0.29, 0.717) is 44.8 Å². The van der Waals surface area contributed by atoms with Gasteiger partial charge in [-0.3, -0.25) is 9.78 Å². The van der Waals surface area contributed by atoms with Crippen LogP contribution in [-0.4, -0.2) is 43.3 Å². The van der Waals surface area contributed by atoms with Crippen LogP contribution in [0.1, 0.15) is 30.9 Å². The van der Waals surface area contributed by atoms with Crippen molar-refractivity contribution in [2.45, 2.75) is 38.1 Å². The number of pyridine rings is 1. The normalized spacial score (nSPS) is 15.8. The number of aryl methyl sites for hydroxylation is 1. The highest BCUT2D eigenvalue weighted by molar-refractivity contribution is 7.89. The summed E-state index contributed by atoms with van der Waals surface area (Å²) in [5.74, 6) is 0.471. The molecule has 7 nitrogen and oxygen atoms in total.